The van der Waals surface area contributed by atoms with E-state index in [4.69, 9.17) is 5.11 Å². The highest BCUT2D eigenvalue weighted by atomic mass is 16.3. The highest BCUT2D eigenvalue weighted by Gasteiger charge is 2.33. The number of aliphatic hydroxyl groups excluding tert-OH is 2. The molecule has 0 spiro atoms. The van der Waals surface area contributed by atoms with Gasteiger partial charge in [0.05, 0.1) is 6.10 Å². The van der Waals surface area contributed by atoms with Crippen LogP contribution in [0.3, 0.4) is 0 Å². The number of H-pyrrole nitrogens is 1. The van der Waals surface area contributed by atoms with E-state index in [0.29, 0.717) is 18.4 Å². The first-order valence-electron chi connectivity index (χ1n) is 6.84. The van der Waals surface area contributed by atoms with Gasteiger partial charge in [-0.1, -0.05) is 0 Å². The zero-order chi connectivity index (χ0) is 14.1. The number of hydrogen-bond acceptors (Lipinski definition) is 3. The summed E-state index contributed by atoms with van der Waals surface area (Å²) < 4.78 is 0. The quantitative estimate of drug-likeness (QED) is 0.674. The van der Waals surface area contributed by atoms with Gasteiger partial charge in [-0.2, -0.15) is 0 Å². The summed E-state index contributed by atoms with van der Waals surface area (Å²) in [6.07, 6.45) is 2.43. The summed E-state index contributed by atoms with van der Waals surface area (Å²) in [5, 5.41) is 22.8. The van der Waals surface area contributed by atoms with Crippen LogP contribution in [0.2, 0.25) is 0 Å². The van der Waals surface area contributed by atoms with Crippen molar-refractivity contribution in [3.05, 3.63) is 36.0 Å². The lowest BCUT2D eigenvalue weighted by molar-refractivity contribution is 0.0903. The molecule has 1 fully saturated rings. The second kappa shape index (κ2) is 5.26. The fourth-order valence-electron chi connectivity index (χ4n) is 2.88. The van der Waals surface area contributed by atoms with Crippen LogP contribution >= 0.6 is 0 Å². The van der Waals surface area contributed by atoms with Crippen LogP contribution in [0.1, 0.15) is 23.2 Å². The number of nitrogens with one attached hydrogen (secondary N) is 2. The minimum absolute atomic E-state index is 0.0388. The normalized spacial score (nSPS) is 26.0. The largest absolute Gasteiger partial charge is 0.396 e. The van der Waals surface area contributed by atoms with Gasteiger partial charge < -0.3 is 20.5 Å². The summed E-state index contributed by atoms with van der Waals surface area (Å²) in [6.45, 7) is -0.0388. The Morgan fingerprint density at radius 1 is 1.35 bits per heavy atom. The molecule has 0 bridgehead atoms. The van der Waals surface area contributed by atoms with Gasteiger partial charge in [0.15, 0.2) is 0 Å². The SMILES string of the molecule is O=C(NC1CC(O)C(CO)C1)c1ccc2[nH]ccc2c1. The molecule has 3 rings (SSSR count). The molecule has 0 aliphatic heterocycles. The van der Waals surface area contributed by atoms with Crippen LogP contribution in [0.25, 0.3) is 10.9 Å². The van der Waals surface area contributed by atoms with E-state index in [1.54, 1.807) is 6.07 Å². The lowest BCUT2D eigenvalue weighted by atomic mass is 10.1. The van der Waals surface area contributed by atoms with E-state index in [0.717, 1.165) is 10.9 Å². The van der Waals surface area contributed by atoms with Gasteiger partial charge in [-0.05, 0) is 37.1 Å². The average molecular weight is 274 g/mol. The molecule has 1 aliphatic carbocycles. The molecule has 1 amide bonds. The zero-order valence-electron chi connectivity index (χ0n) is 11.0. The minimum atomic E-state index is -0.530. The molecule has 1 aromatic carbocycles. The molecule has 2 aromatic rings. The highest BCUT2D eigenvalue weighted by Crippen LogP contribution is 2.26. The standard InChI is InChI=1S/C15H18N2O3/c18-8-11-6-12(7-14(11)19)17-15(20)10-1-2-13-9(5-10)3-4-16-13/h1-5,11-12,14,16,18-19H,6-8H2,(H,17,20). The molecule has 1 heterocycles. The summed E-state index contributed by atoms with van der Waals surface area (Å²) >= 11 is 0. The van der Waals surface area contributed by atoms with Gasteiger partial charge in [0, 0.05) is 41.2 Å². The van der Waals surface area contributed by atoms with Crippen molar-refractivity contribution in [2.75, 3.05) is 6.61 Å². The molecule has 106 valence electrons. The third-order valence-corrected chi connectivity index (χ3v) is 4.04. The van der Waals surface area contributed by atoms with E-state index in [1.807, 2.05) is 24.4 Å². The third-order valence-electron chi connectivity index (χ3n) is 4.04. The van der Waals surface area contributed by atoms with Gasteiger partial charge in [-0.25, -0.2) is 0 Å². The Hall–Kier alpha value is -1.85. The van der Waals surface area contributed by atoms with Gasteiger partial charge in [0.2, 0.25) is 0 Å². The molecule has 20 heavy (non-hydrogen) atoms. The first-order valence-corrected chi connectivity index (χ1v) is 6.84. The number of aromatic amines is 1. The molecule has 5 heteroatoms. The van der Waals surface area contributed by atoms with Gasteiger partial charge in [0.1, 0.15) is 0 Å². The van der Waals surface area contributed by atoms with Crippen molar-refractivity contribution in [2.45, 2.75) is 25.0 Å². The topological polar surface area (TPSA) is 85.3 Å². The number of carbonyl (C=O) groups is 1. The van der Waals surface area contributed by atoms with Crippen molar-refractivity contribution in [3.63, 3.8) is 0 Å². The maximum absolute atomic E-state index is 12.2. The van der Waals surface area contributed by atoms with Crippen molar-refractivity contribution < 1.29 is 15.0 Å². The van der Waals surface area contributed by atoms with Crippen LogP contribution in [-0.4, -0.2) is 39.9 Å². The summed E-state index contributed by atoms with van der Waals surface area (Å²) in [5.74, 6) is -0.267. The number of amides is 1. The lowest BCUT2D eigenvalue weighted by Gasteiger charge is -2.12. The number of benzene rings is 1. The maximum atomic E-state index is 12.2. The summed E-state index contributed by atoms with van der Waals surface area (Å²) in [5.41, 5.74) is 1.61. The van der Waals surface area contributed by atoms with Gasteiger partial charge >= 0.3 is 0 Å². The van der Waals surface area contributed by atoms with E-state index in [1.165, 1.54) is 0 Å². The highest BCUT2D eigenvalue weighted by molar-refractivity contribution is 5.98. The summed E-state index contributed by atoms with van der Waals surface area (Å²) in [4.78, 5) is 15.3. The van der Waals surface area contributed by atoms with E-state index in [9.17, 15) is 9.90 Å². The average Bonchev–Trinajstić information content (AvgIpc) is 3.03. The Bertz CT molecular complexity index is 622. The molecule has 3 atom stereocenters. The summed E-state index contributed by atoms with van der Waals surface area (Å²) in [7, 11) is 0. The maximum Gasteiger partial charge on any atom is 0.251 e. The molecule has 1 saturated carbocycles. The lowest BCUT2D eigenvalue weighted by Crippen LogP contribution is -2.33. The molecular formula is C15H18N2O3. The molecule has 1 aromatic heterocycles. The molecule has 1 aliphatic rings. The number of hydrogen-bond donors (Lipinski definition) is 4. The molecule has 0 saturated heterocycles. The molecule has 5 nitrogen and oxygen atoms in total. The Morgan fingerprint density at radius 3 is 2.95 bits per heavy atom. The van der Waals surface area contributed by atoms with Crippen molar-refractivity contribution in [3.8, 4) is 0 Å². The zero-order valence-corrected chi connectivity index (χ0v) is 11.0. The number of carbonyl (C=O) groups excluding carboxylic acids is 1. The smallest absolute Gasteiger partial charge is 0.251 e. The van der Waals surface area contributed by atoms with E-state index in [-0.39, 0.29) is 24.5 Å². The number of rotatable bonds is 3. The predicted octanol–water partition coefficient (Wildman–Crippen LogP) is 1.03. The molecule has 3 unspecified atom stereocenters. The monoisotopic (exact) mass is 274 g/mol. The van der Waals surface area contributed by atoms with Crippen LogP contribution in [0.15, 0.2) is 30.5 Å². The van der Waals surface area contributed by atoms with Crippen LogP contribution in [0.4, 0.5) is 0 Å². The van der Waals surface area contributed by atoms with Crippen LogP contribution in [0, 0.1) is 5.92 Å². The number of fused-ring (bicyclic) bond motifs is 1. The van der Waals surface area contributed by atoms with E-state index < -0.39 is 6.10 Å². The number of aromatic nitrogens is 1. The molecule has 4 N–H and O–H groups in total. The second-order valence-corrected chi connectivity index (χ2v) is 5.43. The third kappa shape index (κ3) is 2.42. The van der Waals surface area contributed by atoms with Crippen LogP contribution in [-0.2, 0) is 0 Å². The second-order valence-electron chi connectivity index (χ2n) is 5.43. The summed E-state index contributed by atoms with van der Waals surface area (Å²) in [6, 6.07) is 7.35. The van der Waals surface area contributed by atoms with Crippen molar-refractivity contribution >= 4 is 16.8 Å². The van der Waals surface area contributed by atoms with E-state index in [2.05, 4.69) is 10.3 Å². The Kier molecular flexibility index (Phi) is 3.46. The van der Waals surface area contributed by atoms with E-state index >= 15 is 0 Å². The van der Waals surface area contributed by atoms with Gasteiger partial charge in [-0.3, -0.25) is 4.79 Å². The Morgan fingerprint density at radius 2 is 2.20 bits per heavy atom. The van der Waals surface area contributed by atoms with Gasteiger partial charge in [-0.15, -0.1) is 0 Å². The van der Waals surface area contributed by atoms with Crippen LogP contribution < -0.4 is 5.32 Å². The Balaban J connectivity index is 1.70. The fourth-order valence-corrected chi connectivity index (χ4v) is 2.88. The van der Waals surface area contributed by atoms with Crippen LogP contribution in [0.5, 0.6) is 0 Å². The first kappa shape index (κ1) is 13.1. The predicted molar refractivity (Wildman–Crippen MR) is 75.4 cm³/mol. The number of aliphatic hydroxyl groups is 2. The first-order chi connectivity index (χ1) is 9.67. The minimum Gasteiger partial charge on any atom is -0.396 e. The Labute approximate surface area is 116 Å². The van der Waals surface area contributed by atoms with Crippen molar-refractivity contribution in [1.82, 2.24) is 10.3 Å². The molecular weight excluding hydrogens is 256 g/mol. The van der Waals surface area contributed by atoms with Gasteiger partial charge in [0.25, 0.3) is 5.91 Å². The fraction of sp³-hybridized carbons (Fsp3) is 0.400. The van der Waals surface area contributed by atoms with Crippen molar-refractivity contribution in [1.29, 1.82) is 0 Å². The molecule has 0 radical (unpaired) electrons. The van der Waals surface area contributed by atoms with Crippen molar-refractivity contribution in [2.24, 2.45) is 5.92 Å².